The lowest BCUT2D eigenvalue weighted by atomic mass is 10.0. The van der Waals surface area contributed by atoms with Crippen molar-refractivity contribution >= 4 is 12.1 Å². The van der Waals surface area contributed by atoms with Crippen LogP contribution in [0, 0.1) is 5.92 Å². The van der Waals surface area contributed by atoms with Crippen molar-refractivity contribution in [1.29, 1.82) is 0 Å². The van der Waals surface area contributed by atoms with Crippen molar-refractivity contribution in [1.82, 2.24) is 4.90 Å². The maximum atomic E-state index is 12.2. The molecule has 1 aromatic rings. The highest BCUT2D eigenvalue weighted by Crippen LogP contribution is 2.25. The summed E-state index contributed by atoms with van der Waals surface area (Å²) in [5, 5.41) is 9.01. The average molecular weight is 321 g/mol. The topological polar surface area (TPSA) is 76.1 Å². The number of hydrogen-bond donors (Lipinski definition) is 1. The van der Waals surface area contributed by atoms with Crippen LogP contribution >= 0.6 is 0 Å². The first kappa shape index (κ1) is 17.3. The molecule has 0 aromatic heterocycles. The molecule has 126 valence electrons. The summed E-state index contributed by atoms with van der Waals surface area (Å²) in [4.78, 5) is 24.7. The number of carbonyl (C=O) groups is 2. The second-order valence-electron chi connectivity index (χ2n) is 6.03. The van der Waals surface area contributed by atoms with Gasteiger partial charge in [0.05, 0.1) is 25.2 Å². The van der Waals surface area contributed by atoms with E-state index >= 15 is 0 Å². The van der Waals surface area contributed by atoms with Crippen molar-refractivity contribution in [2.75, 3.05) is 13.1 Å². The molecule has 0 radical (unpaired) electrons. The van der Waals surface area contributed by atoms with Crippen molar-refractivity contribution in [2.24, 2.45) is 5.92 Å². The van der Waals surface area contributed by atoms with E-state index in [1.54, 1.807) is 0 Å². The smallest absolute Gasteiger partial charge is 0.410 e. The first-order valence-electron chi connectivity index (χ1n) is 7.78. The largest absolute Gasteiger partial charge is 0.481 e. The Kier molecular flexibility index (Phi) is 5.98. The molecule has 0 bridgehead atoms. The fourth-order valence-corrected chi connectivity index (χ4v) is 2.73. The number of ether oxygens (including phenoxy) is 2. The maximum absolute atomic E-state index is 12.2. The minimum Gasteiger partial charge on any atom is -0.481 e. The van der Waals surface area contributed by atoms with Crippen LogP contribution in [-0.2, 0) is 20.9 Å². The van der Waals surface area contributed by atoms with Crippen molar-refractivity contribution in [3.63, 3.8) is 0 Å². The Morgan fingerprint density at radius 3 is 2.57 bits per heavy atom. The molecule has 1 aromatic carbocycles. The van der Waals surface area contributed by atoms with Gasteiger partial charge in [0.1, 0.15) is 6.61 Å². The summed E-state index contributed by atoms with van der Waals surface area (Å²) in [5.74, 6) is -1.09. The Balaban J connectivity index is 1.91. The van der Waals surface area contributed by atoms with E-state index in [0.29, 0.717) is 13.1 Å². The SMILES string of the molecule is CC(C)O[C@H]1CN(C(=O)OCc2ccccc2)C[C@@H]1CC(=O)O. The number of carboxylic acids is 1. The Labute approximate surface area is 136 Å². The van der Waals surface area contributed by atoms with Gasteiger partial charge in [-0.3, -0.25) is 4.79 Å². The molecule has 1 amide bonds. The van der Waals surface area contributed by atoms with E-state index in [-0.39, 0.29) is 31.2 Å². The molecule has 0 saturated carbocycles. The molecule has 2 atom stereocenters. The van der Waals surface area contributed by atoms with Gasteiger partial charge in [-0.05, 0) is 19.4 Å². The summed E-state index contributed by atoms with van der Waals surface area (Å²) < 4.78 is 11.1. The molecular weight excluding hydrogens is 298 g/mol. The lowest BCUT2D eigenvalue weighted by Gasteiger charge is -2.19. The normalized spacial score (nSPS) is 20.7. The molecule has 1 N–H and O–H groups in total. The van der Waals surface area contributed by atoms with Crippen LogP contribution in [0.25, 0.3) is 0 Å². The third kappa shape index (κ3) is 5.25. The number of aliphatic carboxylic acids is 1. The number of nitrogens with zero attached hydrogens (tertiary/aromatic N) is 1. The minimum absolute atomic E-state index is 0.0140. The Morgan fingerprint density at radius 2 is 1.96 bits per heavy atom. The monoisotopic (exact) mass is 321 g/mol. The number of carbonyl (C=O) groups excluding carboxylic acids is 1. The number of carboxylic acid groups (broad SMARTS) is 1. The van der Waals surface area contributed by atoms with Crippen molar-refractivity contribution in [2.45, 2.75) is 39.1 Å². The Morgan fingerprint density at radius 1 is 1.26 bits per heavy atom. The summed E-state index contributed by atoms with van der Waals surface area (Å²) in [5.41, 5.74) is 0.914. The zero-order valence-electron chi connectivity index (χ0n) is 13.5. The third-order valence-electron chi connectivity index (χ3n) is 3.73. The van der Waals surface area contributed by atoms with Gasteiger partial charge in [-0.25, -0.2) is 4.79 Å². The second-order valence-corrected chi connectivity index (χ2v) is 6.03. The molecule has 0 unspecified atom stereocenters. The van der Waals surface area contributed by atoms with Crippen LogP contribution in [0.5, 0.6) is 0 Å². The van der Waals surface area contributed by atoms with Gasteiger partial charge in [0.25, 0.3) is 0 Å². The van der Waals surface area contributed by atoms with Crippen molar-refractivity contribution < 1.29 is 24.2 Å². The van der Waals surface area contributed by atoms with E-state index < -0.39 is 12.1 Å². The zero-order valence-corrected chi connectivity index (χ0v) is 13.5. The van der Waals surface area contributed by atoms with Gasteiger partial charge in [-0.15, -0.1) is 0 Å². The fraction of sp³-hybridized carbons (Fsp3) is 0.529. The van der Waals surface area contributed by atoms with Crippen LogP contribution in [0.2, 0.25) is 0 Å². The van der Waals surface area contributed by atoms with E-state index in [4.69, 9.17) is 14.6 Å². The van der Waals surface area contributed by atoms with E-state index in [0.717, 1.165) is 5.56 Å². The number of rotatable bonds is 6. The molecule has 6 nitrogen and oxygen atoms in total. The van der Waals surface area contributed by atoms with Crippen LogP contribution in [-0.4, -0.2) is 47.4 Å². The van der Waals surface area contributed by atoms with Crippen molar-refractivity contribution in [3.05, 3.63) is 35.9 Å². The summed E-state index contributed by atoms with van der Waals surface area (Å²) in [7, 11) is 0. The highest BCUT2D eigenvalue weighted by Gasteiger charge is 2.38. The molecule has 2 rings (SSSR count). The van der Waals surface area contributed by atoms with Gasteiger partial charge in [0, 0.05) is 12.5 Å². The number of benzene rings is 1. The van der Waals surface area contributed by atoms with E-state index in [1.165, 1.54) is 4.90 Å². The highest BCUT2D eigenvalue weighted by molar-refractivity contribution is 5.70. The molecule has 1 aliphatic rings. The molecule has 1 heterocycles. The lowest BCUT2D eigenvalue weighted by molar-refractivity contribution is -0.139. The molecule has 1 saturated heterocycles. The summed E-state index contributed by atoms with van der Waals surface area (Å²) in [6.07, 6.45) is -0.731. The summed E-state index contributed by atoms with van der Waals surface area (Å²) in [6, 6.07) is 9.43. The molecular formula is C17H23NO5. The maximum Gasteiger partial charge on any atom is 0.410 e. The van der Waals surface area contributed by atoms with Gasteiger partial charge in [-0.2, -0.15) is 0 Å². The van der Waals surface area contributed by atoms with E-state index in [1.807, 2.05) is 44.2 Å². The summed E-state index contributed by atoms with van der Waals surface area (Å²) in [6.45, 7) is 4.71. The number of hydrogen-bond acceptors (Lipinski definition) is 4. The predicted molar refractivity (Wildman–Crippen MR) is 84.0 cm³/mol. The lowest BCUT2D eigenvalue weighted by Crippen LogP contribution is -2.31. The van der Waals surface area contributed by atoms with Crippen LogP contribution in [0.3, 0.4) is 0 Å². The first-order chi connectivity index (χ1) is 11.0. The molecule has 1 aliphatic heterocycles. The van der Waals surface area contributed by atoms with Gasteiger partial charge < -0.3 is 19.5 Å². The van der Waals surface area contributed by atoms with E-state index in [9.17, 15) is 9.59 Å². The molecule has 0 aliphatic carbocycles. The molecule has 0 spiro atoms. The minimum atomic E-state index is -0.883. The average Bonchev–Trinajstić information content (AvgIpc) is 2.87. The Hall–Kier alpha value is -2.08. The van der Waals surface area contributed by atoms with Crippen LogP contribution < -0.4 is 0 Å². The van der Waals surface area contributed by atoms with Crippen LogP contribution in [0.15, 0.2) is 30.3 Å². The Bertz CT molecular complexity index is 531. The first-order valence-corrected chi connectivity index (χ1v) is 7.78. The van der Waals surface area contributed by atoms with Crippen LogP contribution in [0.1, 0.15) is 25.8 Å². The molecule has 23 heavy (non-hydrogen) atoms. The predicted octanol–water partition coefficient (Wildman–Crippen LogP) is 2.52. The van der Waals surface area contributed by atoms with Crippen LogP contribution in [0.4, 0.5) is 4.79 Å². The van der Waals surface area contributed by atoms with Gasteiger partial charge in [0.2, 0.25) is 0 Å². The second kappa shape index (κ2) is 7.97. The highest BCUT2D eigenvalue weighted by atomic mass is 16.6. The number of likely N-dealkylation sites (tertiary alicyclic amines) is 1. The number of amides is 1. The zero-order chi connectivity index (χ0) is 16.8. The molecule has 1 fully saturated rings. The van der Waals surface area contributed by atoms with Gasteiger partial charge in [-0.1, -0.05) is 30.3 Å². The van der Waals surface area contributed by atoms with E-state index in [2.05, 4.69) is 0 Å². The quantitative estimate of drug-likeness (QED) is 0.871. The third-order valence-corrected chi connectivity index (χ3v) is 3.73. The van der Waals surface area contributed by atoms with Crippen molar-refractivity contribution in [3.8, 4) is 0 Å². The standard InChI is InChI=1S/C17H23NO5/c1-12(2)23-15-10-18(9-14(15)8-16(19)20)17(21)22-11-13-6-4-3-5-7-13/h3-7,12,14-15H,8-11H2,1-2H3,(H,19,20)/t14-,15-/m0/s1. The van der Waals surface area contributed by atoms with Gasteiger partial charge >= 0.3 is 12.1 Å². The fourth-order valence-electron chi connectivity index (χ4n) is 2.73. The molecule has 6 heteroatoms. The summed E-state index contributed by atoms with van der Waals surface area (Å²) >= 11 is 0. The van der Waals surface area contributed by atoms with Gasteiger partial charge in [0.15, 0.2) is 0 Å².